The lowest BCUT2D eigenvalue weighted by Crippen LogP contribution is -2.50. The van der Waals surface area contributed by atoms with E-state index < -0.39 is 12.0 Å². The van der Waals surface area contributed by atoms with Gasteiger partial charge in [-0.1, -0.05) is 86.1 Å². The maximum Gasteiger partial charge on any atom is 0.356 e. The summed E-state index contributed by atoms with van der Waals surface area (Å²) in [7, 11) is 0. The van der Waals surface area contributed by atoms with Gasteiger partial charge in [0.1, 0.15) is 23.4 Å². The lowest BCUT2D eigenvalue weighted by atomic mass is 9.95. The zero-order valence-electron chi connectivity index (χ0n) is 32.4. The number of nitrogens with one attached hydrogen (secondary N) is 1. The molecule has 3 heterocycles. The monoisotopic (exact) mass is 755 g/mol. The Hall–Kier alpha value is -6.08. The lowest BCUT2D eigenvalue weighted by Gasteiger charge is -2.39. The molecule has 4 aromatic carbocycles. The fraction of sp³-hybridized carbons (Fsp3) is 0.349. The van der Waals surface area contributed by atoms with Crippen molar-refractivity contribution in [3.05, 3.63) is 136 Å². The molecule has 13 nitrogen and oxygen atoms in total. The number of hydrogen-bond acceptors (Lipinski definition) is 9. The van der Waals surface area contributed by atoms with Crippen molar-refractivity contribution in [3.63, 3.8) is 0 Å². The molecule has 13 heteroatoms. The first-order chi connectivity index (χ1) is 27.2. The molecule has 1 saturated heterocycles. The zero-order valence-corrected chi connectivity index (χ0v) is 32.4. The lowest BCUT2D eigenvalue weighted by molar-refractivity contribution is -0.152. The van der Waals surface area contributed by atoms with Gasteiger partial charge >= 0.3 is 11.7 Å². The second-order valence-corrected chi connectivity index (χ2v) is 14.7. The van der Waals surface area contributed by atoms with Gasteiger partial charge in [-0.25, -0.2) is 18.8 Å². The number of unbranched alkanes of at least 4 members (excludes halogenated alkanes) is 1. The summed E-state index contributed by atoms with van der Waals surface area (Å²) in [6.45, 7) is 11.2. The highest BCUT2D eigenvalue weighted by atomic mass is 16.7. The van der Waals surface area contributed by atoms with Gasteiger partial charge in [0.2, 0.25) is 0 Å². The Labute approximate surface area is 326 Å². The van der Waals surface area contributed by atoms with Gasteiger partial charge in [0.05, 0.1) is 11.7 Å². The van der Waals surface area contributed by atoms with Gasteiger partial charge in [-0.2, -0.15) is 5.10 Å². The van der Waals surface area contributed by atoms with Crippen LogP contribution < -0.4 is 20.7 Å². The van der Waals surface area contributed by atoms with Crippen LogP contribution in [0.25, 0.3) is 16.7 Å². The summed E-state index contributed by atoms with van der Waals surface area (Å²) in [5.41, 5.74) is 6.03. The van der Waals surface area contributed by atoms with Crippen LogP contribution in [0.3, 0.4) is 0 Å². The van der Waals surface area contributed by atoms with Crippen LogP contribution in [0.1, 0.15) is 92.0 Å². The molecule has 0 aliphatic carbocycles. The van der Waals surface area contributed by atoms with E-state index in [1.165, 1.54) is 23.1 Å². The number of anilines is 1. The van der Waals surface area contributed by atoms with Gasteiger partial charge in [0, 0.05) is 44.0 Å². The minimum atomic E-state index is -0.697. The molecular formula is C43H49N9O4. The standard InChI is InChI=1S/C43H49N9O4/c1-5-6-10-31(4)33-15-13-32(14-16-33)28-44-41(53)35-17-22-38-39(27-35)52(47-46-38)56-42(54)40(34-11-8-7-9-12-34)49-25-23-48(24-26-49)36-18-20-37(21-19-36)50-29-45-51(30(2)3)43(50)55/h7-9,11-22,27,29-31,40H,5-6,10,23-26,28H2,1-4H3,(H,44,53). The van der Waals surface area contributed by atoms with Crippen LogP contribution in [-0.2, 0) is 11.3 Å². The average Bonchev–Trinajstić information content (AvgIpc) is 3.82. The van der Waals surface area contributed by atoms with E-state index in [0.29, 0.717) is 55.2 Å². The van der Waals surface area contributed by atoms with Crippen LogP contribution in [0.4, 0.5) is 5.69 Å². The summed E-state index contributed by atoms with van der Waals surface area (Å²) in [5.74, 6) is -0.253. The normalized spacial score (nSPS) is 14.6. The van der Waals surface area contributed by atoms with Gasteiger partial charge in [-0.15, -0.1) is 5.10 Å². The maximum absolute atomic E-state index is 14.1. The smallest absolute Gasteiger partial charge is 0.356 e. The molecule has 6 aromatic rings. The molecule has 56 heavy (non-hydrogen) atoms. The molecule has 1 fully saturated rings. The Morgan fingerprint density at radius 2 is 1.55 bits per heavy atom. The molecule has 2 atom stereocenters. The second-order valence-electron chi connectivity index (χ2n) is 14.7. The summed E-state index contributed by atoms with van der Waals surface area (Å²) in [6.07, 6.45) is 5.10. The molecule has 1 amide bonds. The molecular weight excluding hydrogens is 707 g/mol. The van der Waals surface area contributed by atoms with Gasteiger partial charge < -0.3 is 15.1 Å². The molecule has 0 radical (unpaired) electrons. The van der Waals surface area contributed by atoms with Crippen LogP contribution >= 0.6 is 0 Å². The third-order valence-corrected chi connectivity index (χ3v) is 10.5. The van der Waals surface area contributed by atoms with Crippen LogP contribution in [0.5, 0.6) is 0 Å². The number of piperazine rings is 1. The minimum absolute atomic E-state index is 0.0264. The summed E-state index contributed by atoms with van der Waals surface area (Å²) in [5, 5.41) is 15.6. The van der Waals surface area contributed by atoms with Crippen LogP contribution in [-0.4, -0.2) is 72.5 Å². The number of amides is 1. The van der Waals surface area contributed by atoms with Gasteiger partial charge in [-0.3, -0.25) is 9.69 Å². The third-order valence-electron chi connectivity index (χ3n) is 10.5. The van der Waals surface area contributed by atoms with E-state index in [4.69, 9.17) is 4.84 Å². The number of carbonyl (C=O) groups is 2. The highest BCUT2D eigenvalue weighted by Gasteiger charge is 2.33. The van der Waals surface area contributed by atoms with Crippen molar-refractivity contribution in [1.29, 1.82) is 0 Å². The molecule has 290 valence electrons. The number of carbonyl (C=O) groups excluding carboxylic acids is 2. The Bertz CT molecular complexity index is 2310. The highest BCUT2D eigenvalue weighted by molar-refractivity contribution is 5.97. The Balaban J connectivity index is 1.01. The van der Waals surface area contributed by atoms with Crippen molar-refractivity contribution < 1.29 is 14.4 Å². The number of rotatable bonds is 14. The van der Waals surface area contributed by atoms with Gasteiger partial charge in [-0.05, 0) is 90.6 Å². The molecule has 0 saturated carbocycles. The zero-order chi connectivity index (χ0) is 39.2. The van der Waals surface area contributed by atoms with E-state index in [1.807, 2.05) is 68.4 Å². The second kappa shape index (κ2) is 17.2. The SMILES string of the molecule is CCCCC(C)c1ccc(CNC(=O)c2ccc3nnn(OC(=O)C(c4ccccc4)N4CCN(c5ccc(-n6cnn(C(C)C)c6=O)cc5)CC4)c3c2)cc1. The van der Waals surface area contributed by atoms with Crippen LogP contribution in [0, 0.1) is 0 Å². The molecule has 1 aliphatic heterocycles. The van der Waals surface area contributed by atoms with E-state index in [0.717, 1.165) is 33.8 Å². The van der Waals surface area contributed by atoms with Gasteiger partial charge in [0.15, 0.2) is 0 Å². The Morgan fingerprint density at radius 1 is 0.839 bits per heavy atom. The number of nitrogens with zero attached hydrogens (tertiary/aromatic N) is 8. The fourth-order valence-electron chi connectivity index (χ4n) is 7.21. The summed E-state index contributed by atoms with van der Waals surface area (Å²) >= 11 is 0. The minimum Gasteiger partial charge on any atom is -0.369 e. The van der Waals surface area contributed by atoms with E-state index in [9.17, 15) is 14.4 Å². The summed E-state index contributed by atoms with van der Waals surface area (Å²) in [6, 6.07) is 30.1. The summed E-state index contributed by atoms with van der Waals surface area (Å²) < 4.78 is 3.00. The molecule has 0 bridgehead atoms. The third kappa shape index (κ3) is 8.42. The predicted octanol–water partition coefficient (Wildman–Crippen LogP) is 6.10. The number of aromatic nitrogens is 6. The van der Waals surface area contributed by atoms with E-state index in [-0.39, 0.29) is 17.6 Å². The quantitative estimate of drug-likeness (QED) is 0.131. The first-order valence-electron chi connectivity index (χ1n) is 19.5. The largest absolute Gasteiger partial charge is 0.369 e. The average molecular weight is 756 g/mol. The van der Waals surface area contributed by atoms with Gasteiger partial charge in [0.25, 0.3) is 5.91 Å². The number of fused-ring (bicyclic) bond motifs is 1. The van der Waals surface area contributed by atoms with E-state index in [2.05, 4.69) is 68.6 Å². The molecule has 1 aliphatic rings. The van der Waals surface area contributed by atoms with Crippen LogP contribution in [0.2, 0.25) is 0 Å². The van der Waals surface area contributed by atoms with Crippen molar-refractivity contribution in [3.8, 4) is 5.69 Å². The van der Waals surface area contributed by atoms with Crippen molar-refractivity contribution in [2.75, 3.05) is 31.1 Å². The highest BCUT2D eigenvalue weighted by Crippen LogP contribution is 2.27. The Kier molecular flexibility index (Phi) is 11.7. The van der Waals surface area contributed by atoms with E-state index in [1.54, 1.807) is 29.1 Å². The molecule has 2 unspecified atom stereocenters. The fourth-order valence-corrected chi connectivity index (χ4v) is 7.21. The van der Waals surface area contributed by atoms with Crippen molar-refractivity contribution in [2.45, 2.75) is 71.5 Å². The topological polar surface area (TPSA) is 132 Å². The molecule has 2 aromatic heterocycles. The first-order valence-corrected chi connectivity index (χ1v) is 19.5. The van der Waals surface area contributed by atoms with E-state index >= 15 is 0 Å². The maximum atomic E-state index is 14.1. The molecule has 1 N–H and O–H groups in total. The van der Waals surface area contributed by atoms with Crippen molar-refractivity contribution in [2.24, 2.45) is 0 Å². The first kappa shape index (κ1) is 38.2. The number of benzene rings is 4. The molecule has 7 rings (SSSR count). The van der Waals surface area contributed by atoms with Crippen molar-refractivity contribution >= 4 is 28.6 Å². The summed E-state index contributed by atoms with van der Waals surface area (Å²) in [4.78, 5) is 51.5. The Morgan fingerprint density at radius 3 is 2.23 bits per heavy atom. The predicted molar refractivity (Wildman–Crippen MR) is 216 cm³/mol. The molecule has 0 spiro atoms. The van der Waals surface area contributed by atoms with Crippen molar-refractivity contribution in [1.82, 2.24) is 39.7 Å². The van der Waals surface area contributed by atoms with Crippen LogP contribution in [0.15, 0.2) is 108 Å². The number of hydrogen-bond donors (Lipinski definition) is 1.